The molecule has 1 aromatic carbocycles. The van der Waals surface area contributed by atoms with Gasteiger partial charge in [-0.3, -0.25) is 4.79 Å². The SMILES string of the molecule is CCc1cc(S(N)(=O)=O)cc(C)c1NC(=O)C(C)C. The molecule has 0 aromatic heterocycles. The van der Waals surface area contributed by atoms with Gasteiger partial charge in [-0.1, -0.05) is 20.8 Å². The molecule has 0 aliphatic heterocycles. The van der Waals surface area contributed by atoms with Crippen LogP contribution in [0.25, 0.3) is 0 Å². The molecule has 1 amide bonds. The van der Waals surface area contributed by atoms with Gasteiger partial charge in [0.25, 0.3) is 0 Å². The number of anilines is 1. The van der Waals surface area contributed by atoms with E-state index in [4.69, 9.17) is 5.14 Å². The third-order valence-electron chi connectivity index (χ3n) is 2.87. The first-order chi connectivity index (χ1) is 8.66. The number of rotatable bonds is 4. The lowest BCUT2D eigenvalue weighted by molar-refractivity contribution is -0.118. The fourth-order valence-corrected chi connectivity index (χ4v) is 2.36. The van der Waals surface area contributed by atoms with E-state index in [1.807, 2.05) is 6.92 Å². The Bertz CT molecular complexity index is 592. The first kappa shape index (κ1) is 15.7. The number of carbonyl (C=O) groups is 1. The minimum absolute atomic E-state index is 0.0735. The monoisotopic (exact) mass is 284 g/mol. The van der Waals surface area contributed by atoms with Crippen LogP contribution in [0.4, 0.5) is 5.69 Å². The molecule has 0 bridgehead atoms. The third kappa shape index (κ3) is 3.78. The van der Waals surface area contributed by atoms with Gasteiger partial charge >= 0.3 is 0 Å². The van der Waals surface area contributed by atoms with E-state index in [9.17, 15) is 13.2 Å². The van der Waals surface area contributed by atoms with Gasteiger partial charge in [-0.2, -0.15) is 0 Å². The van der Waals surface area contributed by atoms with Crippen LogP contribution in [0.2, 0.25) is 0 Å². The maximum absolute atomic E-state index is 11.8. The van der Waals surface area contributed by atoms with Gasteiger partial charge in [-0.25, -0.2) is 13.6 Å². The Morgan fingerprint density at radius 1 is 1.37 bits per heavy atom. The molecule has 3 N–H and O–H groups in total. The molecule has 19 heavy (non-hydrogen) atoms. The molecule has 0 fully saturated rings. The van der Waals surface area contributed by atoms with E-state index in [1.54, 1.807) is 20.8 Å². The van der Waals surface area contributed by atoms with Crippen LogP contribution in [0, 0.1) is 12.8 Å². The van der Waals surface area contributed by atoms with Gasteiger partial charge < -0.3 is 5.32 Å². The molecule has 0 saturated carbocycles. The van der Waals surface area contributed by atoms with Crippen LogP contribution < -0.4 is 10.5 Å². The van der Waals surface area contributed by atoms with Crippen molar-refractivity contribution >= 4 is 21.6 Å². The van der Waals surface area contributed by atoms with Crippen molar-refractivity contribution < 1.29 is 13.2 Å². The van der Waals surface area contributed by atoms with Crippen molar-refractivity contribution in [3.8, 4) is 0 Å². The number of sulfonamides is 1. The summed E-state index contributed by atoms with van der Waals surface area (Å²) in [7, 11) is -3.73. The van der Waals surface area contributed by atoms with Crippen molar-refractivity contribution in [3.63, 3.8) is 0 Å². The molecule has 106 valence electrons. The lowest BCUT2D eigenvalue weighted by Gasteiger charge is -2.16. The topological polar surface area (TPSA) is 89.3 Å². The van der Waals surface area contributed by atoms with Crippen molar-refractivity contribution in [3.05, 3.63) is 23.3 Å². The van der Waals surface area contributed by atoms with Crippen LogP contribution in [0.1, 0.15) is 31.9 Å². The van der Waals surface area contributed by atoms with Gasteiger partial charge in [0.2, 0.25) is 15.9 Å². The van der Waals surface area contributed by atoms with Crippen molar-refractivity contribution in [2.24, 2.45) is 11.1 Å². The average molecular weight is 284 g/mol. The molecule has 5 nitrogen and oxygen atoms in total. The molecule has 0 heterocycles. The van der Waals surface area contributed by atoms with Gasteiger partial charge in [0.05, 0.1) is 4.90 Å². The highest BCUT2D eigenvalue weighted by molar-refractivity contribution is 7.89. The Morgan fingerprint density at radius 2 is 1.95 bits per heavy atom. The summed E-state index contributed by atoms with van der Waals surface area (Å²) in [5, 5.41) is 7.97. The molecule has 0 atom stereocenters. The molecule has 1 aromatic rings. The summed E-state index contributed by atoms with van der Waals surface area (Å²) >= 11 is 0. The summed E-state index contributed by atoms with van der Waals surface area (Å²) in [5.74, 6) is -0.233. The van der Waals surface area contributed by atoms with E-state index >= 15 is 0 Å². The first-order valence-corrected chi connectivity index (χ1v) is 7.68. The molecule has 0 spiro atoms. The number of hydrogen-bond acceptors (Lipinski definition) is 3. The zero-order chi connectivity index (χ0) is 14.8. The summed E-state index contributed by atoms with van der Waals surface area (Å²) in [6.07, 6.45) is 0.609. The highest BCUT2D eigenvalue weighted by Gasteiger charge is 2.16. The lowest BCUT2D eigenvalue weighted by atomic mass is 10.0. The van der Waals surface area contributed by atoms with Crippen molar-refractivity contribution in [1.29, 1.82) is 0 Å². The predicted molar refractivity (Wildman–Crippen MR) is 75.4 cm³/mol. The van der Waals surface area contributed by atoms with E-state index < -0.39 is 10.0 Å². The molecule has 0 saturated heterocycles. The maximum Gasteiger partial charge on any atom is 0.238 e. The summed E-state index contributed by atoms with van der Waals surface area (Å²) in [6, 6.07) is 2.99. The number of aryl methyl sites for hydroxylation is 2. The smallest absolute Gasteiger partial charge is 0.238 e. The number of nitrogens with one attached hydrogen (secondary N) is 1. The summed E-state index contributed by atoms with van der Waals surface area (Å²) < 4.78 is 22.8. The largest absolute Gasteiger partial charge is 0.325 e. The fourth-order valence-electron chi connectivity index (χ4n) is 1.71. The second-order valence-electron chi connectivity index (χ2n) is 4.82. The molecule has 0 aliphatic carbocycles. The summed E-state index contributed by atoms with van der Waals surface area (Å²) in [6.45, 7) is 7.25. The summed E-state index contributed by atoms with van der Waals surface area (Å²) in [4.78, 5) is 11.8. The molecule has 0 radical (unpaired) electrons. The van der Waals surface area contributed by atoms with Gasteiger partial charge in [-0.15, -0.1) is 0 Å². The second kappa shape index (κ2) is 5.71. The predicted octanol–water partition coefficient (Wildman–Crippen LogP) is 1.80. The molecular weight excluding hydrogens is 264 g/mol. The van der Waals surface area contributed by atoms with E-state index in [1.165, 1.54) is 12.1 Å². The number of primary sulfonamides is 1. The van der Waals surface area contributed by atoms with E-state index in [-0.39, 0.29) is 16.7 Å². The van der Waals surface area contributed by atoms with Crippen molar-refractivity contribution in [2.45, 2.75) is 39.0 Å². The average Bonchev–Trinajstić information content (AvgIpc) is 2.29. The second-order valence-corrected chi connectivity index (χ2v) is 6.38. The Hall–Kier alpha value is -1.40. The Balaban J connectivity index is 3.31. The van der Waals surface area contributed by atoms with E-state index in [0.29, 0.717) is 17.7 Å². The van der Waals surface area contributed by atoms with Crippen LogP contribution in [-0.2, 0) is 21.2 Å². The van der Waals surface area contributed by atoms with Crippen LogP contribution in [0.3, 0.4) is 0 Å². The van der Waals surface area contributed by atoms with Crippen LogP contribution >= 0.6 is 0 Å². The van der Waals surface area contributed by atoms with Crippen LogP contribution in [0.15, 0.2) is 17.0 Å². The zero-order valence-corrected chi connectivity index (χ0v) is 12.5. The number of amides is 1. The highest BCUT2D eigenvalue weighted by Crippen LogP contribution is 2.25. The van der Waals surface area contributed by atoms with Gasteiger partial charge in [0.1, 0.15) is 0 Å². The number of nitrogens with two attached hydrogens (primary N) is 1. The third-order valence-corrected chi connectivity index (χ3v) is 3.77. The molecule has 0 aliphatic rings. The Kier molecular flexibility index (Phi) is 4.70. The normalized spacial score (nSPS) is 11.7. The lowest BCUT2D eigenvalue weighted by Crippen LogP contribution is -2.20. The van der Waals surface area contributed by atoms with Crippen molar-refractivity contribution in [1.82, 2.24) is 0 Å². The minimum Gasteiger partial charge on any atom is -0.325 e. The minimum atomic E-state index is -3.73. The Labute approximate surface area is 114 Å². The number of carbonyl (C=O) groups excluding carboxylic acids is 1. The molecule has 1 rings (SSSR count). The van der Waals surface area contributed by atoms with Crippen LogP contribution in [-0.4, -0.2) is 14.3 Å². The number of benzene rings is 1. The Morgan fingerprint density at radius 3 is 2.37 bits per heavy atom. The van der Waals surface area contributed by atoms with E-state index in [0.717, 1.165) is 5.56 Å². The number of hydrogen-bond donors (Lipinski definition) is 2. The summed E-state index contributed by atoms with van der Waals surface area (Å²) in [5.41, 5.74) is 2.13. The molecular formula is C13H20N2O3S. The van der Waals surface area contributed by atoms with E-state index in [2.05, 4.69) is 5.32 Å². The van der Waals surface area contributed by atoms with Gasteiger partial charge in [-0.05, 0) is 36.6 Å². The maximum atomic E-state index is 11.8. The highest BCUT2D eigenvalue weighted by atomic mass is 32.2. The van der Waals surface area contributed by atoms with Gasteiger partial charge in [0.15, 0.2) is 0 Å². The van der Waals surface area contributed by atoms with Crippen molar-refractivity contribution in [2.75, 3.05) is 5.32 Å². The molecule has 6 heteroatoms. The fraction of sp³-hybridized carbons (Fsp3) is 0.462. The molecule has 0 unspecified atom stereocenters. The van der Waals surface area contributed by atoms with Crippen LogP contribution in [0.5, 0.6) is 0 Å². The quantitative estimate of drug-likeness (QED) is 0.883. The standard InChI is InChI=1S/C13H20N2O3S/c1-5-10-7-11(19(14,17)18)6-9(4)12(10)15-13(16)8(2)3/h6-8H,5H2,1-4H3,(H,15,16)(H2,14,17,18). The van der Waals surface area contributed by atoms with Gasteiger partial charge in [0, 0.05) is 11.6 Å². The zero-order valence-electron chi connectivity index (χ0n) is 11.6. The first-order valence-electron chi connectivity index (χ1n) is 6.14.